The fourth-order valence-electron chi connectivity index (χ4n) is 3.60. The van der Waals surface area contributed by atoms with E-state index in [0.717, 1.165) is 28.8 Å². The van der Waals surface area contributed by atoms with Crippen molar-refractivity contribution in [2.24, 2.45) is 0 Å². The first-order chi connectivity index (χ1) is 15.3. The maximum atomic E-state index is 12.5. The second-order valence-corrected chi connectivity index (χ2v) is 7.27. The van der Waals surface area contributed by atoms with E-state index in [9.17, 15) is 4.79 Å². The minimum Gasteiger partial charge on any atom is -0.352 e. The molecule has 5 aromatic rings. The molecule has 2 aromatic heterocycles. The van der Waals surface area contributed by atoms with Gasteiger partial charge in [0.05, 0.1) is 16.7 Å². The zero-order valence-corrected chi connectivity index (χ0v) is 16.8. The van der Waals surface area contributed by atoms with Crippen LogP contribution in [0.4, 0.5) is 0 Å². The zero-order valence-electron chi connectivity index (χ0n) is 16.8. The summed E-state index contributed by atoms with van der Waals surface area (Å²) in [6, 6.07) is 25.6. The summed E-state index contributed by atoms with van der Waals surface area (Å²) in [5.74, 6) is -0.0739. The van der Waals surface area contributed by atoms with Gasteiger partial charge < -0.3 is 5.32 Å². The van der Waals surface area contributed by atoms with Gasteiger partial charge in [-0.15, -0.1) is 0 Å². The monoisotopic (exact) mass is 407 g/mol. The SMILES string of the molecule is O=C(NCCc1ccc(-n2cccn2)cc1)c1ccc(-n2cnc3ccccc32)cc1. The van der Waals surface area contributed by atoms with Crippen molar-refractivity contribution in [3.63, 3.8) is 0 Å². The van der Waals surface area contributed by atoms with Gasteiger partial charge in [-0.3, -0.25) is 9.36 Å². The summed E-state index contributed by atoms with van der Waals surface area (Å²) in [5.41, 5.74) is 5.78. The number of nitrogens with one attached hydrogen (secondary N) is 1. The van der Waals surface area contributed by atoms with Crippen LogP contribution in [-0.2, 0) is 6.42 Å². The van der Waals surface area contributed by atoms with Gasteiger partial charge in [-0.2, -0.15) is 5.10 Å². The van der Waals surface area contributed by atoms with E-state index in [1.807, 2.05) is 82.2 Å². The molecule has 5 rings (SSSR count). The molecule has 0 atom stereocenters. The van der Waals surface area contributed by atoms with E-state index >= 15 is 0 Å². The number of rotatable bonds is 6. The van der Waals surface area contributed by atoms with E-state index in [-0.39, 0.29) is 5.91 Å². The lowest BCUT2D eigenvalue weighted by molar-refractivity contribution is 0.0954. The number of amides is 1. The molecule has 0 aliphatic rings. The van der Waals surface area contributed by atoms with Gasteiger partial charge in [0.15, 0.2) is 0 Å². The van der Waals surface area contributed by atoms with Crippen LogP contribution in [0.3, 0.4) is 0 Å². The van der Waals surface area contributed by atoms with Gasteiger partial charge in [-0.1, -0.05) is 24.3 Å². The average Bonchev–Trinajstić information content (AvgIpc) is 3.50. The second-order valence-electron chi connectivity index (χ2n) is 7.27. The van der Waals surface area contributed by atoms with E-state index < -0.39 is 0 Å². The van der Waals surface area contributed by atoms with Crippen molar-refractivity contribution in [3.05, 3.63) is 109 Å². The molecule has 0 unspecified atom stereocenters. The number of carbonyl (C=O) groups excluding carboxylic acids is 1. The Bertz CT molecular complexity index is 1300. The summed E-state index contributed by atoms with van der Waals surface area (Å²) in [7, 11) is 0. The molecule has 0 saturated heterocycles. The molecule has 0 spiro atoms. The summed E-state index contributed by atoms with van der Waals surface area (Å²) >= 11 is 0. The molecule has 6 heteroatoms. The van der Waals surface area contributed by atoms with Crippen LogP contribution in [0.1, 0.15) is 15.9 Å². The summed E-state index contributed by atoms with van der Waals surface area (Å²) in [6.45, 7) is 0.577. The van der Waals surface area contributed by atoms with Crippen LogP contribution in [0.2, 0.25) is 0 Å². The summed E-state index contributed by atoms with van der Waals surface area (Å²) < 4.78 is 3.84. The number of benzene rings is 3. The smallest absolute Gasteiger partial charge is 0.251 e. The van der Waals surface area contributed by atoms with E-state index in [1.54, 1.807) is 12.5 Å². The first kappa shape index (κ1) is 18.8. The van der Waals surface area contributed by atoms with Gasteiger partial charge in [0.1, 0.15) is 6.33 Å². The first-order valence-corrected chi connectivity index (χ1v) is 10.2. The highest BCUT2D eigenvalue weighted by Crippen LogP contribution is 2.18. The van der Waals surface area contributed by atoms with Crippen molar-refractivity contribution in [1.82, 2.24) is 24.6 Å². The Labute approximate surface area is 179 Å². The Hall–Kier alpha value is -4.19. The molecular weight excluding hydrogens is 386 g/mol. The molecule has 31 heavy (non-hydrogen) atoms. The second kappa shape index (κ2) is 8.28. The number of aromatic nitrogens is 4. The molecule has 1 N–H and O–H groups in total. The highest BCUT2D eigenvalue weighted by Gasteiger charge is 2.08. The van der Waals surface area contributed by atoms with Gasteiger partial charge in [0.2, 0.25) is 0 Å². The Morgan fingerprint density at radius 3 is 2.42 bits per heavy atom. The first-order valence-electron chi connectivity index (χ1n) is 10.2. The largest absolute Gasteiger partial charge is 0.352 e. The predicted molar refractivity (Wildman–Crippen MR) is 121 cm³/mol. The van der Waals surface area contributed by atoms with Crippen LogP contribution in [-0.4, -0.2) is 31.8 Å². The quantitative estimate of drug-likeness (QED) is 0.459. The van der Waals surface area contributed by atoms with Crippen molar-refractivity contribution < 1.29 is 4.79 Å². The van der Waals surface area contributed by atoms with Crippen molar-refractivity contribution >= 4 is 16.9 Å². The summed E-state index contributed by atoms with van der Waals surface area (Å²) in [6.07, 6.45) is 6.24. The number of hydrogen-bond acceptors (Lipinski definition) is 3. The minimum absolute atomic E-state index is 0.0739. The molecule has 2 heterocycles. The van der Waals surface area contributed by atoms with Gasteiger partial charge in [-0.05, 0) is 66.6 Å². The lowest BCUT2D eigenvalue weighted by atomic mass is 10.1. The average molecular weight is 407 g/mol. The van der Waals surface area contributed by atoms with Crippen molar-refractivity contribution in [2.75, 3.05) is 6.54 Å². The van der Waals surface area contributed by atoms with Gasteiger partial charge in [0, 0.05) is 30.2 Å². The Morgan fingerprint density at radius 2 is 1.65 bits per heavy atom. The molecule has 0 fully saturated rings. The number of nitrogens with zero attached hydrogens (tertiary/aromatic N) is 4. The molecular formula is C25H21N5O. The molecule has 0 aliphatic heterocycles. The molecule has 1 amide bonds. The van der Waals surface area contributed by atoms with E-state index in [0.29, 0.717) is 12.1 Å². The maximum Gasteiger partial charge on any atom is 0.251 e. The normalized spacial score (nSPS) is 11.0. The van der Waals surface area contributed by atoms with Crippen LogP contribution >= 0.6 is 0 Å². The van der Waals surface area contributed by atoms with Crippen LogP contribution < -0.4 is 5.32 Å². The molecule has 6 nitrogen and oxygen atoms in total. The Morgan fingerprint density at radius 1 is 0.871 bits per heavy atom. The summed E-state index contributed by atoms with van der Waals surface area (Å²) in [4.78, 5) is 16.9. The van der Waals surface area contributed by atoms with Crippen molar-refractivity contribution in [1.29, 1.82) is 0 Å². The van der Waals surface area contributed by atoms with Crippen LogP contribution in [0.5, 0.6) is 0 Å². The van der Waals surface area contributed by atoms with Gasteiger partial charge in [0.25, 0.3) is 5.91 Å². The van der Waals surface area contributed by atoms with Crippen LogP contribution in [0.15, 0.2) is 97.6 Å². The standard InChI is InChI=1S/C25H21N5O/c31-25(26-16-14-19-6-10-22(11-7-19)30-17-3-15-28-30)20-8-12-21(13-9-20)29-18-27-23-4-1-2-5-24(23)29/h1-13,15,17-18H,14,16H2,(H,26,31). The molecule has 0 saturated carbocycles. The minimum atomic E-state index is -0.0739. The van der Waals surface area contributed by atoms with Crippen molar-refractivity contribution in [3.8, 4) is 11.4 Å². The third kappa shape index (κ3) is 3.96. The Kier molecular flexibility index (Phi) is 5.02. The van der Waals surface area contributed by atoms with Crippen molar-refractivity contribution in [2.45, 2.75) is 6.42 Å². The van der Waals surface area contributed by atoms with E-state index in [4.69, 9.17) is 0 Å². The fraction of sp³-hybridized carbons (Fsp3) is 0.0800. The molecule has 152 valence electrons. The highest BCUT2D eigenvalue weighted by molar-refractivity contribution is 5.94. The van der Waals surface area contributed by atoms with Crippen LogP contribution in [0.25, 0.3) is 22.4 Å². The third-order valence-corrected chi connectivity index (χ3v) is 5.27. The highest BCUT2D eigenvalue weighted by atomic mass is 16.1. The number of para-hydroxylation sites is 2. The fourth-order valence-corrected chi connectivity index (χ4v) is 3.60. The van der Waals surface area contributed by atoms with E-state index in [1.165, 1.54) is 5.56 Å². The molecule has 3 aromatic carbocycles. The zero-order chi connectivity index (χ0) is 21.0. The van der Waals surface area contributed by atoms with Crippen LogP contribution in [0, 0.1) is 0 Å². The number of imidazole rings is 1. The lowest BCUT2D eigenvalue weighted by Gasteiger charge is -2.08. The Balaban J connectivity index is 1.19. The predicted octanol–water partition coefficient (Wildman–Crippen LogP) is 4.18. The van der Waals surface area contributed by atoms with Gasteiger partial charge >= 0.3 is 0 Å². The third-order valence-electron chi connectivity index (χ3n) is 5.27. The molecule has 0 bridgehead atoms. The number of carbonyl (C=O) groups is 1. The van der Waals surface area contributed by atoms with Gasteiger partial charge in [-0.25, -0.2) is 9.67 Å². The number of hydrogen-bond donors (Lipinski definition) is 1. The lowest BCUT2D eigenvalue weighted by Crippen LogP contribution is -2.25. The molecule has 0 aliphatic carbocycles. The molecule has 0 radical (unpaired) electrons. The summed E-state index contributed by atoms with van der Waals surface area (Å²) in [5, 5.41) is 7.22. The number of fused-ring (bicyclic) bond motifs is 1. The topological polar surface area (TPSA) is 64.7 Å². The maximum absolute atomic E-state index is 12.5. The van der Waals surface area contributed by atoms with E-state index in [2.05, 4.69) is 27.5 Å².